The third-order valence-electron chi connectivity index (χ3n) is 2.87. The van der Waals surface area contributed by atoms with Crippen LogP contribution in [0.1, 0.15) is 16.8 Å². The van der Waals surface area contributed by atoms with Crippen molar-refractivity contribution >= 4 is 23.2 Å². The molecule has 5 nitrogen and oxygen atoms in total. The normalized spacial score (nSPS) is 10.6. The summed E-state index contributed by atoms with van der Waals surface area (Å²) in [6.45, 7) is 2.24. The van der Waals surface area contributed by atoms with Crippen LogP contribution in [-0.2, 0) is 9.47 Å². The molecule has 0 atom stereocenters. The van der Waals surface area contributed by atoms with Crippen LogP contribution in [0, 0.1) is 0 Å². The molecule has 0 spiro atoms. The number of nitrogens with two attached hydrogens (primary N) is 1. The van der Waals surface area contributed by atoms with Gasteiger partial charge in [-0.1, -0.05) is 11.6 Å². The van der Waals surface area contributed by atoms with Gasteiger partial charge in [0, 0.05) is 39.5 Å². The van der Waals surface area contributed by atoms with Crippen LogP contribution in [0.3, 0.4) is 0 Å². The topological polar surface area (TPSA) is 64.8 Å². The molecule has 2 N–H and O–H groups in total. The van der Waals surface area contributed by atoms with Crippen LogP contribution in [-0.4, -0.2) is 51.3 Å². The number of halogens is 1. The average Bonchev–Trinajstić information content (AvgIpc) is 2.45. The van der Waals surface area contributed by atoms with E-state index < -0.39 is 0 Å². The van der Waals surface area contributed by atoms with Gasteiger partial charge in [0.15, 0.2) is 0 Å². The lowest BCUT2D eigenvalue weighted by molar-refractivity contribution is 0.0674. The predicted octanol–water partition coefficient (Wildman–Crippen LogP) is 2.05. The molecule has 1 aromatic carbocycles. The highest BCUT2D eigenvalue weighted by molar-refractivity contribution is 6.33. The zero-order valence-electron chi connectivity index (χ0n) is 11.9. The largest absolute Gasteiger partial charge is 0.398 e. The molecule has 20 heavy (non-hydrogen) atoms. The number of ether oxygens (including phenoxy) is 2. The Morgan fingerprint density at radius 3 is 2.55 bits per heavy atom. The maximum atomic E-state index is 12.4. The van der Waals surface area contributed by atoms with Crippen molar-refractivity contribution in [2.45, 2.75) is 6.42 Å². The molecule has 0 bridgehead atoms. The van der Waals surface area contributed by atoms with Crippen molar-refractivity contribution in [2.24, 2.45) is 0 Å². The van der Waals surface area contributed by atoms with E-state index in [9.17, 15) is 4.79 Å². The number of nitrogens with zero attached hydrogens (tertiary/aromatic N) is 1. The quantitative estimate of drug-likeness (QED) is 0.589. The molecule has 1 amide bonds. The van der Waals surface area contributed by atoms with Gasteiger partial charge in [-0.25, -0.2) is 0 Å². The molecular weight excluding hydrogens is 280 g/mol. The van der Waals surface area contributed by atoms with Gasteiger partial charge in [-0.15, -0.1) is 0 Å². The summed E-state index contributed by atoms with van der Waals surface area (Å²) in [6.07, 6.45) is 0.773. The van der Waals surface area contributed by atoms with E-state index in [0.29, 0.717) is 42.6 Å². The van der Waals surface area contributed by atoms with E-state index in [-0.39, 0.29) is 5.91 Å². The van der Waals surface area contributed by atoms with Crippen molar-refractivity contribution in [1.82, 2.24) is 4.90 Å². The van der Waals surface area contributed by atoms with E-state index in [1.807, 2.05) is 0 Å². The summed E-state index contributed by atoms with van der Waals surface area (Å²) in [5.74, 6) is -0.0819. The number of hydrogen-bond donors (Lipinski definition) is 1. The Morgan fingerprint density at radius 1 is 1.25 bits per heavy atom. The van der Waals surface area contributed by atoms with E-state index >= 15 is 0 Å². The minimum absolute atomic E-state index is 0.0819. The highest BCUT2D eigenvalue weighted by atomic mass is 35.5. The highest BCUT2D eigenvalue weighted by Crippen LogP contribution is 2.20. The predicted molar refractivity (Wildman–Crippen MR) is 80.1 cm³/mol. The monoisotopic (exact) mass is 300 g/mol. The fraction of sp³-hybridized carbons (Fsp3) is 0.500. The van der Waals surface area contributed by atoms with Crippen LogP contribution >= 0.6 is 11.6 Å². The summed E-state index contributed by atoms with van der Waals surface area (Å²) < 4.78 is 10.0. The molecule has 1 aromatic rings. The Morgan fingerprint density at radius 2 is 1.95 bits per heavy atom. The number of methoxy groups -OCH3 is 2. The lowest BCUT2D eigenvalue weighted by Crippen LogP contribution is -2.35. The van der Waals surface area contributed by atoms with E-state index in [4.69, 9.17) is 26.8 Å². The summed E-state index contributed by atoms with van der Waals surface area (Å²) in [4.78, 5) is 14.2. The second-order valence-electron chi connectivity index (χ2n) is 4.37. The first-order valence-electron chi connectivity index (χ1n) is 6.42. The Kier molecular flexibility index (Phi) is 7.36. The number of carbonyl (C=O) groups excluding carboxylic acids is 1. The zero-order chi connectivity index (χ0) is 15.0. The standard InChI is InChI=1S/C14H21ClN2O3/c1-19-8-3-6-17(7-9-20-2)14(18)11-4-5-12(15)13(16)10-11/h4-5,10H,3,6-9,16H2,1-2H3. The Bertz CT molecular complexity index is 440. The average molecular weight is 301 g/mol. The third-order valence-corrected chi connectivity index (χ3v) is 3.22. The van der Waals surface area contributed by atoms with Crippen LogP contribution in [0.5, 0.6) is 0 Å². The molecule has 0 saturated heterocycles. The Labute approximate surface area is 124 Å². The minimum Gasteiger partial charge on any atom is -0.398 e. The van der Waals surface area contributed by atoms with Crippen molar-refractivity contribution in [3.63, 3.8) is 0 Å². The molecule has 0 aromatic heterocycles. The van der Waals surface area contributed by atoms with Crippen LogP contribution in [0.25, 0.3) is 0 Å². The lowest BCUT2D eigenvalue weighted by atomic mass is 10.1. The first kappa shape index (κ1) is 16.8. The highest BCUT2D eigenvalue weighted by Gasteiger charge is 2.16. The lowest BCUT2D eigenvalue weighted by Gasteiger charge is -2.22. The smallest absolute Gasteiger partial charge is 0.254 e. The number of amides is 1. The number of carbonyl (C=O) groups is 1. The van der Waals surface area contributed by atoms with Crippen LogP contribution < -0.4 is 5.73 Å². The van der Waals surface area contributed by atoms with Gasteiger partial charge in [-0.2, -0.15) is 0 Å². The van der Waals surface area contributed by atoms with E-state index in [1.165, 1.54) is 0 Å². The van der Waals surface area contributed by atoms with Crippen molar-refractivity contribution in [3.8, 4) is 0 Å². The van der Waals surface area contributed by atoms with Gasteiger partial charge < -0.3 is 20.1 Å². The molecule has 6 heteroatoms. The fourth-order valence-corrected chi connectivity index (χ4v) is 1.89. The number of benzene rings is 1. The van der Waals surface area contributed by atoms with E-state index in [2.05, 4.69) is 0 Å². The summed E-state index contributed by atoms with van der Waals surface area (Å²) in [5.41, 5.74) is 6.66. The SMILES string of the molecule is COCCCN(CCOC)C(=O)c1ccc(Cl)c(N)c1. The van der Waals surface area contributed by atoms with Crippen LogP contribution in [0.15, 0.2) is 18.2 Å². The maximum Gasteiger partial charge on any atom is 0.254 e. The van der Waals surface area contributed by atoms with Crippen molar-refractivity contribution in [1.29, 1.82) is 0 Å². The molecule has 0 aliphatic rings. The molecule has 1 rings (SSSR count). The number of rotatable bonds is 8. The summed E-state index contributed by atoms with van der Waals surface area (Å²) in [7, 11) is 3.25. The van der Waals surface area contributed by atoms with Gasteiger partial charge in [0.05, 0.1) is 17.3 Å². The molecule has 0 saturated carbocycles. The molecule has 0 fully saturated rings. The molecular formula is C14H21ClN2O3. The Hall–Kier alpha value is -1.30. The molecule has 0 radical (unpaired) electrons. The first-order valence-corrected chi connectivity index (χ1v) is 6.80. The molecule has 112 valence electrons. The van der Waals surface area contributed by atoms with Gasteiger partial charge in [-0.3, -0.25) is 4.79 Å². The van der Waals surface area contributed by atoms with Gasteiger partial charge in [0.25, 0.3) is 5.91 Å². The first-order chi connectivity index (χ1) is 9.60. The van der Waals surface area contributed by atoms with E-state index in [0.717, 1.165) is 6.42 Å². The van der Waals surface area contributed by atoms with Crippen molar-refractivity contribution in [3.05, 3.63) is 28.8 Å². The van der Waals surface area contributed by atoms with Crippen molar-refractivity contribution in [2.75, 3.05) is 46.3 Å². The Balaban J connectivity index is 2.76. The molecule has 0 unspecified atom stereocenters. The van der Waals surface area contributed by atoms with Crippen molar-refractivity contribution < 1.29 is 14.3 Å². The summed E-state index contributed by atoms with van der Waals surface area (Å²) >= 11 is 5.86. The number of nitrogen functional groups attached to an aromatic ring is 1. The summed E-state index contributed by atoms with van der Waals surface area (Å²) in [6, 6.07) is 4.91. The minimum atomic E-state index is -0.0819. The van der Waals surface area contributed by atoms with Crippen LogP contribution in [0.4, 0.5) is 5.69 Å². The zero-order valence-corrected chi connectivity index (χ0v) is 12.7. The molecule has 0 heterocycles. The maximum absolute atomic E-state index is 12.4. The second-order valence-corrected chi connectivity index (χ2v) is 4.77. The molecule has 0 aliphatic carbocycles. The van der Waals surface area contributed by atoms with E-state index in [1.54, 1.807) is 37.3 Å². The number of anilines is 1. The number of hydrogen-bond acceptors (Lipinski definition) is 4. The van der Waals surface area contributed by atoms with Gasteiger partial charge in [0.1, 0.15) is 0 Å². The van der Waals surface area contributed by atoms with Crippen LogP contribution in [0.2, 0.25) is 5.02 Å². The summed E-state index contributed by atoms with van der Waals surface area (Å²) in [5, 5.41) is 0.448. The van der Waals surface area contributed by atoms with Gasteiger partial charge in [0.2, 0.25) is 0 Å². The van der Waals surface area contributed by atoms with Gasteiger partial charge >= 0.3 is 0 Å². The fourth-order valence-electron chi connectivity index (χ4n) is 1.78. The third kappa shape index (κ3) is 5.00. The second kappa shape index (κ2) is 8.79. The van der Waals surface area contributed by atoms with Gasteiger partial charge in [-0.05, 0) is 24.6 Å². The molecule has 0 aliphatic heterocycles.